The van der Waals surface area contributed by atoms with Crippen LogP contribution in [0.5, 0.6) is 0 Å². The van der Waals surface area contributed by atoms with Gasteiger partial charge in [-0.3, -0.25) is 4.57 Å². The Bertz CT molecular complexity index is 1360. The Morgan fingerprint density at radius 1 is 0.952 bits per heavy atom. The van der Waals surface area contributed by atoms with Gasteiger partial charge in [-0.05, 0) is 24.0 Å². The van der Waals surface area contributed by atoms with Crippen LogP contribution in [0.4, 0.5) is 5.82 Å². The SMILES string of the molecule is CCC(CC)NCCc1nc(NCC(c2ccccc2)c2ccccc2)c2ncn([C@@H]3O[C@H](COC)[C@@H](O)[C@H]3O)c2n1. The molecule has 0 saturated carbocycles. The van der Waals surface area contributed by atoms with E-state index in [1.807, 2.05) is 12.1 Å². The fourth-order valence-corrected chi connectivity index (χ4v) is 5.61. The Morgan fingerprint density at radius 2 is 1.62 bits per heavy atom. The first-order chi connectivity index (χ1) is 20.5. The van der Waals surface area contributed by atoms with Crippen molar-refractivity contribution in [3.8, 4) is 0 Å². The molecule has 0 amide bonds. The number of fused-ring (bicyclic) bond motifs is 1. The number of ether oxygens (including phenoxy) is 2. The number of hydrogen-bond donors (Lipinski definition) is 4. The normalized spacial score (nSPS) is 20.6. The number of nitrogens with zero attached hydrogens (tertiary/aromatic N) is 4. The molecule has 224 valence electrons. The summed E-state index contributed by atoms with van der Waals surface area (Å²) < 4.78 is 12.9. The molecule has 1 fully saturated rings. The van der Waals surface area contributed by atoms with Gasteiger partial charge in [0.2, 0.25) is 0 Å². The Kier molecular flexibility index (Phi) is 10.1. The molecule has 0 spiro atoms. The summed E-state index contributed by atoms with van der Waals surface area (Å²) in [5, 5.41) is 28.6. The van der Waals surface area contributed by atoms with Crippen LogP contribution in [-0.4, -0.2) is 80.9 Å². The molecular weight excluding hydrogens is 532 g/mol. The van der Waals surface area contributed by atoms with Crippen molar-refractivity contribution in [3.05, 3.63) is 83.9 Å². The van der Waals surface area contributed by atoms with E-state index in [9.17, 15) is 10.2 Å². The van der Waals surface area contributed by atoms with Crippen molar-refractivity contribution in [1.29, 1.82) is 0 Å². The van der Waals surface area contributed by atoms with Crippen molar-refractivity contribution < 1.29 is 19.7 Å². The van der Waals surface area contributed by atoms with Crippen LogP contribution in [0.15, 0.2) is 67.0 Å². The number of aromatic nitrogens is 4. The third-order valence-electron chi connectivity index (χ3n) is 8.05. The molecule has 4 aromatic rings. The molecule has 1 saturated heterocycles. The van der Waals surface area contributed by atoms with Crippen molar-refractivity contribution >= 4 is 17.0 Å². The summed E-state index contributed by atoms with van der Waals surface area (Å²) in [7, 11) is 1.54. The minimum absolute atomic E-state index is 0.0874. The highest BCUT2D eigenvalue weighted by Crippen LogP contribution is 2.33. The molecule has 2 aromatic heterocycles. The predicted molar refractivity (Wildman–Crippen MR) is 162 cm³/mol. The van der Waals surface area contributed by atoms with Crippen LogP contribution in [0.3, 0.4) is 0 Å². The van der Waals surface area contributed by atoms with Crippen LogP contribution in [0.1, 0.15) is 55.8 Å². The second kappa shape index (κ2) is 14.2. The van der Waals surface area contributed by atoms with Crippen LogP contribution in [-0.2, 0) is 15.9 Å². The van der Waals surface area contributed by atoms with E-state index in [-0.39, 0.29) is 12.5 Å². The van der Waals surface area contributed by atoms with Crippen LogP contribution < -0.4 is 10.6 Å². The lowest BCUT2D eigenvalue weighted by molar-refractivity contribution is -0.0580. The van der Waals surface area contributed by atoms with Crippen molar-refractivity contribution in [2.24, 2.45) is 0 Å². The van der Waals surface area contributed by atoms with Gasteiger partial charge in [0.15, 0.2) is 23.2 Å². The summed E-state index contributed by atoms with van der Waals surface area (Å²) >= 11 is 0. The highest BCUT2D eigenvalue weighted by molar-refractivity contribution is 5.83. The maximum Gasteiger partial charge on any atom is 0.167 e. The second-order valence-electron chi connectivity index (χ2n) is 10.8. The van der Waals surface area contributed by atoms with Crippen LogP contribution in [0.2, 0.25) is 0 Å². The fraction of sp³-hybridized carbons (Fsp3) is 0.469. The van der Waals surface area contributed by atoms with Crippen molar-refractivity contribution in [2.45, 2.75) is 69.6 Å². The van der Waals surface area contributed by atoms with E-state index in [0.29, 0.717) is 41.8 Å². The first-order valence-electron chi connectivity index (χ1n) is 14.8. The molecule has 0 aliphatic carbocycles. The number of imidazole rings is 1. The first-order valence-corrected chi connectivity index (χ1v) is 14.8. The molecule has 42 heavy (non-hydrogen) atoms. The number of benzene rings is 2. The van der Waals surface area contributed by atoms with E-state index >= 15 is 0 Å². The van der Waals surface area contributed by atoms with Crippen molar-refractivity contribution in [2.75, 3.05) is 32.1 Å². The van der Waals surface area contributed by atoms with E-state index in [1.165, 1.54) is 18.2 Å². The van der Waals surface area contributed by atoms with Crippen LogP contribution in [0, 0.1) is 0 Å². The predicted octanol–water partition coefficient (Wildman–Crippen LogP) is 3.66. The average Bonchev–Trinajstić information content (AvgIpc) is 3.57. The third-order valence-corrected chi connectivity index (χ3v) is 8.05. The molecule has 4 atom stereocenters. The van der Waals surface area contributed by atoms with E-state index in [4.69, 9.17) is 19.4 Å². The van der Waals surface area contributed by atoms with Crippen LogP contribution >= 0.6 is 0 Å². The summed E-state index contributed by atoms with van der Waals surface area (Å²) in [5.74, 6) is 1.36. The average molecular weight is 575 g/mol. The van der Waals surface area contributed by atoms with Gasteiger partial charge < -0.3 is 30.3 Å². The zero-order valence-corrected chi connectivity index (χ0v) is 24.6. The number of anilines is 1. The van der Waals surface area contributed by atoms with Gasteiger partial charge in [-0.15, -0.1) is 0 Å². The topological polar surface area (TPSA) is 127 Å². The number of aliphatic hydroxyl groups excluding tert-OH is 2. The standard InChI is InChI=1S/C32H42N6O4/c1-4-23(5-2)33-17-16-26-36-30(34-18-24(21-12-8-6-9-13-21)22-14-10-7-11-15-22)27-31(37-26)38(20-35-27)32-29(40)28(39)25(42-32)19-41-3/h6-15,20,23-25,28-29,32-33,39-40H,4-5,16-19H2,1-3H3,(H,34,36,37)/t25-,28-,29-,32-/m1/s1. The molecule has 0 bridgehead atoms. The molecule has 1 aliphatic rings. The van der Waals surface area contributed by atoms with Gasteiger partial charge in [-0.25, -0.2) is 15.0 Å². The van der Waals surface area contributed by atoms with Gasteiger partial charge in [0, 0.05) is 38.6 Å². The highest BCUT2D eigenvalue weighted by atomic mass is 16.6. The lowest BCUT2D eigenvalue weighted by Gasteiger charge is -2.20. The molecule has 3 heterocycles. The van der Waals surface area contributed by atoms with Gasteiger partial charge >= 0.3 is 0 Å². The Balaban J connectivity index is 1.47. The largest absolute Gasteiger partial charge is 0.387 e. The maximum atomic E-state index is 10.9. The van der Waals surface area contributed by atoms with Gasteiger partial charge in [0.05, 0.1) is 12.9 Å². The van der Waals surface area contributed by atoms with E-state index < -0.39 is 24.5 Å². The molecule has 4 N–H and O–H groups in total. The van der Waals surface area contributed by atoms with Crippen molar-refractivity contribution in [3.63, 3.8) is 0 Å². The van der Waals surface area contributed by atoms with Gasteiger partial charge in [-0.2, -0.15) is 0 Å². The Labute approximate surface area is 247 Å². The lowest BCUT2D eigenvalue weighted by atomic mass is 9.91. The quantitative estimate of drug-likeness (QED) is 0.178. The summed E-state index contributed by atoms with van der Waals surface area (Å²) in [6, 6.07) is 21.3. The van der Waals surface area contributed by atoms with Gasteiger partial charge in [0.1, 0.15) is 24.1 Å². The zero-order chi connectivity index (χ0) is 29.5. The molecule has 2 aromatic carbocycles. The first kappa shape index (κ1) is 30.1. The Hall–Kier alpha value is -3.41. The van der Waals surface area contributed by atoms with Crippen LogP contribution in [0.25, 0.3) is 11.2 Å². The van der Waals surface area contributed by atoms with E-state index in [1.54, 1.807) is 10.9 Å². The lowest BCUT2D eigenvalue weighted by Crippen LogP contribution is -2.33. The summed E-state index contributed by atoms with van der Waals surface area (Å²) in [6.07, 6.45) is 0.561. The van der Waals surface area contributed by atoms with Crippen molar-refractivity contribution in [1.82, 2.24) is 24.8 Å². The molecule has 10 nitrogen and oxygen atoms in total. The van der Waals surface area contributed by atoms with Gasteiger partial charge in [-0.1, -0.05) is 74.5 Å². The number of rotatable bonds is 14. The smallest absolute Gasteiger partial charge is 0.167 e. The molecule has 0 unspecified atom stereocenters. The van der Waals surface area contributed by atoms with Gasteiger partial charge in [0.25, 0.3) is 0 Å². The number of nitrogens with one attached hydrogen (secondary N) is 2. The molecule has 10 heteroatoms. The summed E-state index contributed by atoms with van der Waals surface area (Å²) in [5.41, 5.74) is 3.51. The summed E-state index contributed by atoms with van der Waals surface area (Å²) in [4.78, 5) is 14.4. The zero-order valence-electron chi connectivity index (χ0n) is 24.6. The highest BCUT2D eigenvalue weighted by Gasteiger charge is 2.44. The second-order valence-corrected chi connectivity index (χ2v) is 10.8. The maximum absolute atomic E-state index is 10.9. The monoisotopic (exact) mass is 574 g/mol. The third kappa shape index (κ3) is 6.63. The number of methoxy groups -OCH3 is 1. The molecule has 1 aliphatic heterocycles. The summed E-state index contributed by atoms with van der Waals surface area (Å²) in [6.45, 7) is 5.85. The van der Waals surface area contributed by atoms with E-state index in [2.05, 4.69) is 78.0 Å². The molecular formula is C32H42N6O4. The molecule has 0 radical (unpaired) electrons. The number of aliphatic hydroxyl groups is 2. The minimum atomic E-state index is -1.16. The number of hydrogen-bond acceptors (Lipinski definition) is 9. The molecule has 5 rings (SSSR count). The Morgan fingerprint density at radius 3 is 2.24 bits per heavy atom. The fourth-order valence-electron chi connectivity index (χ4n) is 5.61. The minimum Gasteiger partial charge on any atom is -0.387 e. The van der Waals surface area contributed by atoms with E-state index in [0.717, 1.165) is 19.4 Å².